The van der Waals surface area contributed by atoms with Crippen LogP contribution in [0.2, 0.25) is 0 Å². The number of hydrogen-bond donors (Lipinski definition) is 11. The van der Waals surface area contributed by atoms with Crippen LogP contribution in [0, 0.1) is 0 Å². The van der Waals surface area contributed by atoms with E-state index in [2.05, 4.69) is 4.98 Å². The summed E-state index contributed by atoms with van der Waals surface area (Å²) in [4.78, 5) is 49.7. The van der Waals surface area contributed by atoms with Crippen LogP contribution in [0.5, 0.6) is 0 Å². The van der Waals surface area contributed by atoms with Crippen molar-refractivity contribution in [2.45, 2.75) is 67.2 Å². The molecule has 3 heterocycles. The number of carboxylic acids is 1. The monoisotopic (exact) mass is 630 g/mol. The minimum Gasteiger partial charge on any atom is -0.477 e. The lowest BCUT2D eigenvalue weighted by atomic mass is 9.88. The molecule has 0 saturated carbocycles. The highest BCUT2D eigenvalue weighted by Gasteiger charge is 2.59. The number of carboxylic acid groups (broad SMARTS) is 1. The maximum Gasteiger partial charge on any atom is 0.475 e. The molecule has 3 rings (SSSR count). The molecule has 2 aliphatic rings. The number of aromatic nitrogens is 2. The van der Waals surface area contributed by atoms with Gasteiger partial charge in [0.25, 0.3) is 5.79 Å². The number of carbonyl (C=O) groups excluding carboxylic acids is 1. The first-order chi connectivity index (χ1) is 19.6. The standard InChI is InChI=1S/C20H31N4O17P/c21-10-1-2-24(19(35)22-10)17-15(32)14(31)9(39-17)6-38-42(36,37)41-20(18(33)34)3-7(27)12(23-11(29)5-26)16(40-20)13(30)8(28)4-25/h1-2,7-9,12-17,25-28,30-32H,3-6H2,(H,23,29)(H,33,34)(H,36,37)(H2,21,22,35)/t7-,8?,9+,12+,13-,14+,15+,16+,17+,20+/m0/s1. The number of anilines is 1. The summed E-state index contributed by atoms with van der Waals surface area (Å²) in [5, 5.41) is 81.6. The van der Waals surface area contributed by atoms with E-state index in [4.69, 9.17) is 29.4 Å². The number of phosphoric acid groups is 1. The normalized spacial score (nSPS) is 34.3. The molecule has 238 valence electrons. The predicted molar refractivity (Wildman–Crippen MR) is 130 cm³/mol. The molecule has 1 amide bonds. The van der Waals surface area contributed by atoms with Crippen molar-refractivity contribution in [3.8, 4) is 0 Å². The molecule has 22 heteroatoms. The van der Waals surface area contributed by atoms with Crippen LogP contribution in [0.15, 0.2) is 17.1 Å². The molecule has 21 nitrogen and oxygen atoms in total. The fourth-order valence-electron chi connectivity index (χ4n) is 4.31. The van der Waals surface area contributed by atoms with E-state index < -0.39 is 112 Å². The lowest BCUT2D eigenvalue weighted by Gasteiger charge is -2.46. The number of aliphatic carboxylic acids is 1. The predicted octanol–water partition coefficient (Wildman–Crippen LogP) is -6.30. The third-order valence-corrected chi connectivity index (χ3v) is 7.42. The van der Waals surface area contributed by atoms with E-state index in [1.165, 1.54) is 6.07 Å². The molecule has 0 spiro atoms. The van der Waals surface area contributed by atoms with Gasteiger partial charge in [-0.3, -0.25) is 13.9 Å². The molecular formula is C20H31N4O17P. The zero-order chi connectivity index (χ0) is 31.6. The van der Waals surface area contributed by atoms with Crippen LogP contribution in [0.25, 0.3) is 0 Å². The van der Waals surface area contributed by atoms with Crippen molar-refractivity contribution >= 4 is 25.5 Å². The molecule has 2 unspecified atom stereocenters. The minimum absolute atomic E-state index is 0.146. The first-order valence-corrected chi connectivity index (χ1v) is 13.6. The summed E-state index contributed by atoms with van der Waals surface area (Å²) in [5.41, 5.74) is 4.45. The number of nitrogens with one attached hydrogen (secondary N) is 1. The SMILES string of the molecule is Nc1ccn([C@@H]2O[C@H](COP(=O)(O)O[C@@]3(C(=O)O)C[C@H](O)[C@@H](NC(=O)CO)[C@H]([C@@H](O)C(O)CO)O3)[C@@H](O)[C@H]2O)c(=O)n1. The van der Waals surface area contributed by atoms with Crippen LogP contribution < -0.4 is 16.7 Å². The summed E-state index contributed by atoms with van der Waals surface area (Å²) in [6.45, 7) is -3.25. The lowest BCUT2D eigenvalue weighted by Crippen LogP contribution is -2.68. The molecule has 2 fully saturated rings. The second-order valence-electron chi connectivity index (χ2n) is 9.35. The molecule has 42 heavy (non-hydrogen) atoms. The molecular weight excluding hydrogens is 599 g/mol. The van der Waals surface area contributed by atoms with E-state index in [1.807, 2.05) is 5.32 Å². The number of phosphoric ester groups is 1. The molecule has 2 saturated heterocycles. The van der Waals surface area contributed by atoms with Crippen LogP contribution in [-0.4, -0.2) is 142 Å². The number of nitrogens with zero attached hydrogens (tertiary/aromatic N) is 2. The Morgan fingerprint density at radius 1 is 1.26 bits per heavy atom. The van der Waals surface area contributed by atoms with Crippen molar-refractivity contribution in [1.82, 2.24) is 14.9 Å². The van der Waals surface area contributed by atoms with Crippen LogP contribution >= 0.6 is 7.82 Å². The zero-order valence-electron chi connectivity index (χ0n) is 21.4. The van der Waals surface area contributed by atoms with Crippen molar-refractivity contribution in [2.24, 2.45) is 0 Å². The number of hydrogen-bond acceptors (Lipinski definition) is 17. The van der Waals surface area contributed by atoms with Crippen LogP contribution in [-0.2, 0) is 32.7 Å². The average Bonchev–Trinajstić information content (AvgIpc) is 3.20. The molecule has 0 bridgehead atoms. The van der Waals surface area contributed by atoms with E-state index in [1.54, 1.807) is 0 Å². The van der Waals surface area contributed by atoms with Gasteiger partial charge in [-0.25, -0.2) is 18.7 Å². The molecule has 0 radical (unpaired) electrons. The van der Waals surface area contributed by atoms with E-state index in [-0.39, 0.29) is 5.82 Å². The summed E-state index contributed by atoms with van der Waals surface area (Å²) in [7, 11) is -5.56. The van der Waals surface area contributed by atoms with Gasteiger partial charge in [-0.05, 0) is 6.07 Å². The summed E-state index contributed by atoms with van der Waals surface area (Å²) in [6.07, 6.45) is -15.2. The van der Waals surface area contributed by atoms with Gasteiger partial charge in [0.1, 0.15) is 49.0 Å². The van der Waals surface area contributed by atoms with Gasteiger partial charge >= 0.3 is 19.5 Å². The largest absolute Gasteiger partial charge is 0.477 e. The highest BCUT2D eigenvalue weighted by atomic mass is 31.2. The third kappa shape index (κ3) is 7.29. The Kier molecular flexibility index (Phi) is 10.8. The summed E-state index contributed by atoms with van der Waals surface area (Å²) in [5.74, 6) is -6.67. The Morgan fingerprint density at radius 2 is 1.93 bits per heavy atom. The summed E-state index contributed by atoms with van der Waals surface area (Å²) >= 11 is 0. The number of amides is 1. The molecule has 2 aliphatic heterocycles. The first-order valence-electron chi connectivity index (χ1n) is 12.1. The topological polar surface area (TPSA) is 343 Å². The second kappa shape index (κ2) is 13.3. The smallest absolute Gasteiger partial charge is 0.475 e. The molecule has 0 aromatic carbocycles. The van der Waals surface area contributed by atoms with Gasteiger partial charge in [-0.15, -0.1) is 0 Å². The van der Waals surface area contributed by atoms with Gasteiger partial charge in [0, 0.05) is 12.6 Å². The van der Waals surface area contributed by atoms with Gasteiger partial charge < -0.3 is 66.3 Å². The Bertz CT molecular complexity index is 1240. The second-order valence-corrected chi connectivity index (χ2v) is 10.7. The summed E-state index contributed by atoms with van der Waals surface area (Å²) in [6, 6.07) is -0.528. The molecule has 11 atom stereocenters. The molecule has 1 aromatic heterocycles. The van der Waals surface area contributed by atoms with Crippen molar-refractivity contribution in [1.29, 1.82) is 0 Å². The van der Waals surface area contributed by atoms with Crippen molar-refractivity contribution in [3.05, 3.63) is 22.7 Å². The fraction of sp³-hybridized carbons (Fsp3) is 0.700. The van der Waals surface area contributed by atoms with Crippen molar-refractivity contribution < 1.29 is 78.4 Å². The Balaban J connectivity index is 1.79. The van der Waals surface area contributed by atoms with E-state index in [0.29, 0.717) is 0 Å². The number of aliphatic hydroxyl groups is 7. The minimum atomic E-state index is -5.56. The fourth-order valence-corrected chi connectivity index (χ4v) is 5.27. The number of nitrogens with two attached hydrogens (primary N) is 1. The van der Waals surface area contributed by atoms with E-state index >= 15 is 0 Å². The maximum atomic E-state index is 12.8. The summed E-state index contributed by atoms with van der Waals surface area (Å²) < 4.78 is 33.6. The van der Waals surface area contributed by atoms with Gasteiger partial charge in [0.05, 0.1) is 25.4 Å². The highest BCUT2D eigenvalue weighted by molar-refractivity contribution is 7.47. The third-order valence-electron chi connectivity index (χ3n) is 6.42. The highest BCUT2D eigenvalue weighted by Crippen LogP contribution is 2.51. The average molecular weight is 630 g/mol. The Morgan fingerprint density at radius 3 is 2.50 bits per heavy atom. The lowest BCUT2D eigenvalue weighted by molar-refractivity contribution is -0.289. The van der Waals surface area contributed by atoms with Crippen LogP contribution in [0.1, 0.15) is 12.6 Å². The number of ether oxygens (including phenoxy) is 2. The first kappa shape index (κ1) is 33.9. The number of carbonyl (C=O) groups is 2. The number of rotatable bonds is 12. The zero-order valence-corrected chi connectivity index (χ0v) is 22.3. The Labute approximate surface area is 234 Å². The van der Waals surface area contributed by atoms with Gasteiger partial charge in [-0.2, -0.15) is 4.98 Å². The Hall–Kier alpha value is -2.63. The molecule has 1 aromatic rings. The van der Waals surface area contributed by atoms with Crippen LogP contribution in [0.3, 0.4) is 0 Å². The van der Waals surface area contributed by atoms with Crippen molar-refractivity contribution in [2.75, 3.05) is 25.6 Å². The maximum absolute atomic E-state index is 12.8. The van der Waals surface area contributed by atoms with Crippen molar-refractivity contribution in [3.63, 3.8) is 0 Å². The van der Waals surface area contributed by atoms with Gasteiger partial charge in [0.2, 0.25) is 5.91 Å². The number of nitrogen functional groups attached to an aromatic ring is 1. The van der Waals surface area contributed by atoms with Gasteiger partial charge in [0.15, 0.2) is 6.23 Å². The molecule has 0 aliphatic carbocycles. The quantitative estimate of drug-likeness (QED) is 0.0956. The number of aliphatic hydroxyl groups excluding tert-OH is 7. The van der Waals surface area contributed by atoms with Crippen LogP contribution in [0.4, 0.5) is 5.82 Å². The molecule has 12 N–H and O–H groups in total. The van der Waals surface area contributed by atoms with E-state index in [0.717, 1.165) is 10.8 Å². The van der Waals surface area contributed by atoms with E-state index in [9.17, 15) is 59.6 Å². The van der Waals surface area contributed by atoms with Gasteiger partial charge in [-0.1, -0.05) is 0 Å².